The van der Waals surface area contributed by atoms with Crippen LogP contribution in [0.1, 0.15) is 28.1 Å². The van der Waals surface area contributed by atoms with E-state index < -0.39 is 0 Å². The molecule has 5 rings (SSSR count). The number of hydrogen-bond acceptors (Lipinski definition) is 5. The van der Waals surface area contributed by atoms with E-state index in [2.05, 4.69) is 15.3 Å². The Morgan fingerprint density at radius 3 is 2.81 bits per heavy atom. The summed E-state index contributed by atoms with van der Waals surface area (Å²) < 4.78 is 1.94. The van der Waals surface area contributed by atoms with Crippen LogP contribution in [0.5, 0.6) is 0 Å². The third-order valence-electron chi connectivity index (χ3n) is 5.79. The van der Waals surface area contributed by atoms with Gasteiger partial charge in [-0.25, -0.2) is 9.97 Å². The highest BCUT2D eigenvalue weighted by Gasteiger charge is 2.29. The molecular weight excluding hydrogens is 422 g/mol. The summed E-state index contributed by atoms with van der Waals surface area (Å²) in [6, 6.07) is 15.5. The predicted octanol–water partition coefficient (Wildman–Crippen LogP) is 3.65. The van der Waals surface area contributed by atoms with Gasteiger partial charge in [0, 0.05) is 25.8 Å². The summed E-state index contributed by atoms with van der Waals surface area (Å²) in [5.41, 5.74) is 2.85. The highest BCUT2D eigenvalue weighted by atomic mass is 32.1. The smallest absolute Gasteiger partial charge is 0.263 e. The molecule has 0 aliphatic carbocycles. The normalized spacial score (nSPS) is 16.2. The lowest BCUT2D eigenvalue weighted by molar-refractivity contribution is -0.126. The molecule has 1 aromatic carbocycles. The number of carbonyl (C=O) groups excluding carboxylic acids is 2. The lowest BCUT2D eigenvalue weighted by Crippen LogP contribution is -2.45. The number of fused-ring (bicyclic) bond motifs is 1. The van der Waals surface area contributed by atoms with Gasteiger partial charge in [0.05, 0.1) is 21.8 Å². The highest BCUT2D eigenvalue weighted by Crippen LogP contribution is 2.21. The van der Waals surface area contributed by atoms with Gasteiger partial charge >= 0.3 is 0 Å². The molecule has 1 saturated heterocycles. The first-order valence-electron chi connectivity index (χ1n) is 10.7. The van der Waals surface area contributed by atoms with Crippen LogP contribution in [0.25, 0.3) is 16.9 Å². The number of pyridine rings is 1. The van der Waals surface area contributed by atoms with Crippen molar-refractivity contribution < 1.29 is 9.59 Å². The molecule has 4 aromatic rings. The Morgan fingerprint density at radius 1 is 1.09 bits per heavy atom. The zero-order valence-electron chi connectivity index (χ0n) is 17.5. The molecule has 1 aliphatic rings. The summed E-state index contributed by atoms with van der Waals surface area (Å²) in [7, 11) is 0. The van der Waals surface area contributed by atoms with Crippen molar-refractivity contribution >= 4 is 34.2 Å². The van der Waals surface area contributed by atoms with Crippen molar-refractivity contribution in [2.75, 3.05) is 13.1 Å². The lowest BCUT2D eigenvalue weighted by Gasteiger charge is -2.31. The topological polar surface area (TPSA) is 80.1 Å². The number of imidazole rings is 1. The molecule has 8 heteroatoms. The van der Waals surface area contributed by atoms with Crippen LogP contribution in [0.3, 0.4) is 0 Å². The maximum Gasteiger partial charge on any atom is 0.263 e. The van der Waals surface area contributed by atoms with Gasteiger partial charge in [0.25, 0.3) is 5.91 Å². The van der Waals surface area contributed by atoms with Crippen LogP contribution in [0, 0.1) is 5.92 Å². The molecule has 4 heterocycles. The Morgan fingerprint density at radius 2 is 2.00 bits per heavy atom. The van der Waals surface area contributed by atoms with Crippen molar-refractivity contribution in [3.8, 4) is 5.82 Å². The minimum atomic E-state index is -0.183. The fourth-order valence-electron chi connectivity index (χ4n) is 4.07. The summed E-state index contributed by atoms with van der Waals surface area (Å²) in [6.07, 6.45) is 5.17. The van der Waals surface area contributed by atoms with Crippen LogP contribution >= 0.6 is 11.3 Å². The lowest BCUT2D eigenvalue weighted by atomic mass is 9.97. The fourth-order valence-corrected chi connectivity index (χ4v) is 4.76. The van der Waals surface area contributed by atoms with Gasteiger partial charge in [-0.3, -0.25) is 14.2 Å². The fraction of sp³-hybridized carbons (Fsp3) is 0.250. The van der Waals surface area contributed by atoms with E-state index in [-0.39, 0.29) is 17.7 Å². The summed E-state index contributed by atoms with van der Waals surface area (Å²) in [6.45, 7) is 1.58. The second-order valence-corrected chi connectivity index (χ2v) is 8.86. The van der Waals surface area contributed by atoms with E-state index in [0.717, 1.165) is 40.1 Å². The van der Waals surface area contributed by atoms with Crippen LogP contribution in [-0.4, -0.2) is 44.3 Å². The minimum Gasteiger partial charge on any atom is -0.352 e. The van der Waals surface area contributed by atoms with Crippen LogP contribution in [0.2, 0.25) is 0 Å². The minimum absolute atomic E-state index is 0.0154. The molecule has 0 bridgehead atoms. The van der Waals surface area contributed by atoms with Crippen molar-refractivity contribution in [2.45, 2.75) is 19.4 Å². The van der Waals surface area contributed by atoms with Gasteiger partial charge in [-0.15, -0.1) is 11.3 Å². The molecule has 0 spiro atoms. The molecule has 3 aromatic heterocycles. The van der Waals surface area contributed by atoms with Gasteiger partial charge in [-0.2, -0.15) is 0 Å². The van der Waals surface area contributed by atoms with Crippen molar-refractivity contribution in [1.29, 1.82) is 0 Å². The van der Waals surface area contributed by atoms with E-state index in [1.807, 2.05) is 58.5 Å². The van der Waals surface area contributed by atoms with Gasteiger partial charge < -0.3 is 10.2 Å². The maximum atomic E-state index is 12.7. The van der Waals surface area contributed by atoms with Crippen LogP contribution in [-0.2, 0) is 11.3 Å². The van der Waals surface area contributed by atoms with Crippen LogP contribution in [0.4, 0.5) is 0 Å². The quantitative estimate of drug-likeness (QED) is 0.509. The standard InChI is InChI=1S/C24H23N5O2S/c30-23(18-5-3-11-28(15-18)24(31)21-8-4-12-32-21)26-14-17-9-10-22(25-13-17)29-16-27-19-6-1-2-7-20(19)29/h1-2,4,6-10,12-13,16,18H,3,5,11,14-15H2,(H,26,30). The predicted molar refractivity (Wildman–Crippen MR) is 124 cm³/mol. The van der Waals surface area contributed by atoms with Crippen molar-refractivity contribution in [1.82, 2.24) is 24.8 Å². The second kappa shape index (κ2) is 8.92. The Hall–Kier alpha value is -3.52. The number of carbonyl (C=O) groups is 2. The number of nitrogens with one attached hydrogen (secondary N) is 1. The molecule has 1 aliphatic heterocycles. The first-order chi connectivity index (χ1) is 15.7. The van der Waals surface area contributed by atoms with Crippen molar-refractivity contribution in [2.24, 2.45) is 5.92 Å². The van der Waals surface area contributed by atoms with Gasteiger partial charge in [0.1, 0.15) is 12.1 Å². The Bertz CT molecular complexity index is 1230. The van der Waals surface area contributed by atoms with Gasteiger partial charge in [-0.1, -0.05) is 24.3 Å². The first-order valence-corrected chi connectivity index (χ1v) is 11.5. The summed E-state index contributed by atoms with van der Waals surface area (Å²) >= 11 is 1.44. The molecular formula is C24H23N5O2S. The zero-order chi connectivity index (χ0) is 21.9. The number of para-hydroxylation sites is 2. The molecule has 1 unspecified atom stereocenters. The average molecular weight is 446 g/mol. The number of benzene rings is 1. The maximum absolute atomic E-state index is 12.7. The van der Waals surface area contributed by atoms with E-state index in [4.69, 9.17) is 0 Å². The van der Waals surface area contributed by atoms with Crippen LogP contribution < -0.4 is 5.32 Å². The van der Waals surface area contributed by atoms with E-state index in [1.165, 1.54) is 11.3 Å². The molecule has 0 radical (unpaired) electrons. The molecule has 1 atom stereocenters. The number of amides is 2. The van der Waals surface area contributed by atoms with Gasteiger partial charge in [0.15, 0.2) is 0 Å². The van der Waals surface area contributed by atoms with Crippen LogP contribution in [0.15, 0.2) is 66.4 Å². The van der Waals surface area contributed by atoms with Gasteiger partial charge in [0.2, 0.25) is 5.91 Å². The molecule has 2 amide bonds. The Labute approximate surface area is 189 Å². The van der Waals surface area contributed by atoms with E-state index in [9.17, 15) is 9.59 Å². The number of hydrogen-bond donors (Lipinski definition) is 1. The molecule has 7 nitrogen and oxygen atoms in total. The Balaban J connectivity index is 1.19. The van der Waals surface area contributed by atoms with Gasteiger partial charge in [-0.05, 0) is 48.1 Å². The number of thiophene rings is 1. The highest BCUT2D eigenvalue weighted by molar-refractivity contribution is 7.12. The number of likely N-dealkylation sites (tertiary alicyclic amines) is 1. The van der Waals surface area contributed by atoms with E-state index in [0.29, 0.717) is 19.6 Å². The second-order valence-electron chi connectivity index (χ2n) is 7.91. The molecule has 162 valence electrons. The van der Waals surface area contributed by atoms with Crippen molar-refractivity contribution in [3.05, 3.63) is 76.9 Å². The molecule has 1 fully saturated rings. The largest absolute Gasteiger partial charge is 0.352 e. The molecule has 0 saturated carbocycles. The summed E-state index contributed by atoms with van der Waals surface area (Å²) in [4.78, 5) is 36.8. The summed E-state index contributed by atoms with van der Waals surface area (Å²) in [5.74, 6) is 0.601. The van der Waals surface area contributed by atoms with E-state index in [1.54, 1.807) is 17.4 Å². The SMILES string of the molecule is O=C(NCc1ccc(-n2cnc3ccccc32)nc1)C1CCCN(C(=O)c2cccs2)C1. The number of rotatable bonds is 5. The third kappa shape index (κ3) is 4.13. The number of nitrogens with zero attached hydrogens (tertiary/aromatic N) is 4. The molecule has 32 heavy (non-hydrogen) atoms. The molecule has 1 N–H and O–H groups in total. The average Bonchev–Trinajstić information content (AvgIpc) is 3.53. The number of piperidine rings is 1. The summed E-state index contributed by atoms with van der Waals surface area (Å²) in [5, 5.41) is 4.91. The Kier molecular flexibility index (Phi) is 5.68. The van der Waals surface area contributed by atoms with E-state index >= 15 is 0 Å². The monoisotopic (exact) mass is 445 g/mol. The first kappa shape index (κ1) is 20.4. The zero-order valence-corrected chi connectivity index (χ0v) is 18.3. The third-order valence-corrected chi connectivity index (χ3v) is 6.65. The number of aromatic nitrogens is 3. The van der Waals surface area contributed by atoms with Crippen molar-refractivity contribution in [3.63, 3.8) is 0 Å².